The maximum Gasteiger partial charge on any atom is 0.104 e. The van der Waals surface area contributed by atoms with Gasteiger partial charge in [0.1, 0.15) is 6.10 Å². The first kappa shape index (κ1) is 10.2. The van der Waals surface area contributed by atoms with Crippen LogP contribution in [0.2, 0.25) is 0 Å². The molecule has 0 unspecified atom stereocenters. The first-order chi connectivity index (χ1) is 4.63. The van der Waals surface area contributed by atoms with E-state index in [9.17, 15) is 0 Å². The van der Waals surface area contributed by atoms with Gasteiger partial charge >= 0.3 is 0 Å². The summed E-state index contributed by atoms with van der Waals surface area (Å²) in [5.74, 6) is 0. The Morgan fingerprint density at radius 3 is 1.90 bits per heavy atom. The predicted molar refractivity (Wildman–Crippen MR) is 39.0 cm³/mol. The average molecular weight is 168 g/mol. The molecule has 4 nitrogen and oxygen atoms in total. The SMILES string of the molecule is OC[C@@H](O)[C@@H](O)[C@H](S)CO. The van der Waals surface area contributed by atoms with Gasteiger partial charge in [0.25, 0.3) is 0 Å². The fourth-order valence-electron chi connectivity index (χ4n) is 0.472. The molecule has 0 bridgehead atoms. The molecular formula is C5H12O4S. The minimum absolute atomic E-state index is 0.332. The fourth-order valence-corrected chi connectivity index (χ4v) is 0.671. The molecule has 0 aromatic rings. The van der Waals surface area contributed by atoms with Crippen LogP contribution in [0.3, 0.4) is 0 Å². The average Bonchev–Trinajstić information content (AvgIpc) is 2.00. The Morgan fingerprint density at radius 2 is 1.60 bits per heavy atom. The van der Waals surface area contributed by atoms with E-state index < -0.39 is 24.1 Å². The van der Waals surface area contributed by atoms with Crippen LogP contribution in [0.25, 0.3) is 0 Å². The number of aliphatic hydroxyl groups is 4. The first-order valence-corrected chi connectivity index (χ1v) is 3.41. The van der Waals surface area contributed by atoms with E-state index in [0.29, 0.717) is 0 Å². The third kappa shape index (κ3) is 2.85. The van der Waals surface area contributed by atoms with Crippen molar-refractivity contribution in [3.8, 4) is 0 Å². The lowest BCUT2D eigenvalue weighted by Gasteiger charge is -2.19. The number of thiol groups is 1. The van der Waals surface area contributed by atoms with Crippen LogP contribution < -0.4 is 0 Å². The summed E-state index contributed by atoms with van der Waals surface area (Å²) in [6.45, 7) is -0.862. The van der Waals surface area contributed by atoms with Crippen LogP contribution in [0, 0.1) is 0 Å². The van der Waals surface area contributed by atoms with E-state index in [1.54, 1.807) is 0 Å². The van der Waals surface area contributed by atoms with Crippen LogP contribution >= 0.6 is 12.6 Å². The Morgan fingerprint density at radius 1 is 1.10 bits per heavy atom. The summed E-state index contributed by atoms with van der Waals surface area (Å²) in [6, 6.07) is 0. The Hall–Kier alpha value is 0.190. The van der Waals surface area contributed by atoms with E-state index in [1.807, 2.05) is 0 Å². The van der Waals surface area contributed by atoms with Gasteiger partial charge in [-0.1, -0.05) is 0 Å². The van der Waals surface area contributed by atoms with E-state index in [2.05, 4.69) is 12.6 Å². The van der Waals surface area contributed by atoms with Crippen molar-refractivity contribution in [1.82, 2.24) is 0 Å². The molecule has 0 saturated carbocycles. The van der Waals surface area contributed by atoms with E-state index in [1.165, 1.54) is 0 Å². The minimum atomic E-state index is -1.23. The maximum atomic E-state index is 8.94. The summed E-state index contributed by atoms with van der Waals surface area (Å²) in [7, 11) is 0. The van der Waals surface area contributed by atoms with Gasteiger partial charge in [0.15, 0.2) is 0 Å². The molecule has 4 N–H and O–H groups in total. The van der Waals surface area contributed by atoms with Gasteiger partial charge in [-0.15, -0.1) is 0 Å². The smallest absolute Gasteiger partial charge is 0.104 e. The Bertz CT molecular complexity index is 79.7. The molecule has 0 aliphatic rings. The lowest BCUT2D eigenvalue weighted by molar-refractivity contribution is -0.0200. The molecule has 0 fully saturated rings. The third-order valence-electron chi connectivity index (χ3n) is 1.16. The molecule has 0 aromatic heterocycles. The van der Waals surface area contributed by atoms with Gasteiger partial charge in [-0.25, -0.2) is 0 Å². The predicted octanol–water partition coefficient (Wildman–Crippen LogP) is -2.01. The number of hydrogen-bond acceptors (Lipinski definition) is 5. The second kappa shape index (κ2) is 4.92. The highest BCUT2D eigenvalue weighted by Crippen LogP contribution is 2.04. The zero-order valence-corrected chi connectivity index (χ0v) is 6.28. The molecule has 0 radical (unpaired) electrons. The molecule has 0 amide bonds. The zero-order chi connectivity index (χ0) is 8.15. The molecule has 0 saturated heterocycles. The van der Waals surface area contributed by atoms with Crippen LogP contribution in [-0.2, 0) is 0 Å². The second-order valence-corrected chi connectivity index (χ2v) is 2.65. The van der Waals surface area contributed by atoms with Crippen molar-refractivity contribution in [2.75, 3.05) is 13.2 Å². The van der Waals surface area contributed by atoms with Crippen molar-refractivity contribution in [3.63, 3.8) is 0 Å². The van der Waals surface area contributed by atoms with Crippen molar-refractivity contribution in [2.45, 2.75) is 17.5 Å². The van der Waals surface area contributed by atoms with E-state index in [0.717, 1.165) is 0 Å². The van der Waals surface area contributed by atoms with Gasteiger partial charge in [0, 0.05) is 0 Å². The van der Waals surface area contributed by atoms with Gasteiger partial charge in [-0.05, 0) is 0 Å². The molecule has 0 heterocycles. The van der Waals surface area contributed by atoms with E-state index >= 15 is 0 Å². The summed E-state index contributed by atoms with van der Waals surface area (Å²) >= 11 is 3.75. The molecule has 0 rings (SSSR count). The number of hydrogen-bond donors (Lipinski definition) is 5. The van der Waals surface area contributed by atoms with Crippen LogP contribution in [0.15, 0.2) is 0 Å². The molecular weight excluding hydrogens is 156 g/mol. The van der Waals surface area contributed by atoms with E-state index in [-0.39, 0.29) is 6.61 Å². The van der Waals surface area contributed by atoms with Gasteiger partial charge in [0.05, 0.1) is 24.6 Å². The van der Waals surface area contributed by atoms with Gasteiger partial charge in [-0.3, -0.25) is 0 Å². The molecule has 62 valence electrons. The lowest BCUT2D eigenvalue weighted by Crippen LogP contribution is -2.38. The zero-order valence-electron chi connectivity index (χ0n) is 5.38. The Labute approximate surface area is 64.5 Å². The monoisotopic (exact) mass is 168 g/mol. The Balaban J connectivity index is 3.69. The summed E-state index contributed by atoms with van der Waals surface area (Å²) in [5.41, 5.74) is 0. The molecule has 10 heavy (non-hydrogen) atoms. The summed E-state index contributed by atoms with van der Waals surface area (Å²) in [5, 5.41) is 33.7. The number of aliphatic hydroxyl groups excluding tert-OH is 4. The molecule has 3 atom stereocenters. The van der Waals surface area contributed by atoms with Gasteiger partial charge in [0.2, 0.25) is 0 Å². The Kier molecular flexibility index (Phi) is 5.02. The largest absolute Gasteiger partial charge is 0.395 e. The normalized spacial score (nSPS) is 20.1. The van der Waals surface area contributed by atoms with Crippen molar-refractivity contribution in [3.05, 3.63) is 0 Å². The second-order valence-electron chi connectivity index (χ2n) is 1.99. The fraction of sp³-hybridized carbons (Fsp3) is 1.00. The molecule has 5 heteroatoms. The van der Waals surface area contributed by atoms with Crippen LogP contribution in [0.4, 0.5) is 0 Å². The number of rotatable bonds is 4. The van der Waals surface area contributed by atoms with Crippen molar-refractivity contribution in [1.29, 1.82) is 0 Å². The summed E-state index contributed by atoms with van der Waals surface area (Å²) in [4.78, 5) is 0. The highest BCUT2D eigenvalue weighted by molar-refractivity contribution is 7.81. The maximum absolute atomic E-state index is 8.94. The third-order valence-corrected chi connectivity index (χ3v) is 1.63. The standard InChI is InChI=1S/C5H12O4S/c6-1-3(8)5(9)4(10)2-7/h3-10H,1-2H2/t3-,4-,5-/m1/s1. The minimum Gasteiger partial charge on any atom is -0.395 e. The highest BCUT2D eigenvalue weighted by Gasteiger charge is 2.21. The van der Waals surface area contributed by atoms with Gasteiger partial charge in [-0.2, -0.15) is 12.6 Å². The quantitative estimate of drug-likeness (QED) is 0.314. The van der Waals surface area contributed by atoms with Crippen molar-refractivity contribution in [2.24, 2.45) is 0 Å². The first-order valence-electron chi connectivity index (χ1n) is 2.89. The molecule has 0 aliphatic heterocycles. The van der Waals surface area contributed by atoms with Crippen LogP contribution in [0.5, 0.6) is 0 Å². The molecule has 0 spiro atoms. The highest BCUT2D eigenvalue weighted by atomic mass is 32.1. The van der Waals surface area contributed by atoms with Gasteiger partial charge < -0.3 is 20.4 Å². The van der Waals surface area contributed by atoms with Crippen LogP contribution in [0.1, 0.15) is 0 Å². The summed E-state index contributed by atoms with van der Waals surface area (Å²) < 4.78 is 0. The summed E-state index contributed by atoms with van der Waals surface area (Å²) in [6.07, 6.45) is -2.41. The molecule has 0 aliphatic carbocycles. The van der Waals surface area contributed by atoms with Crippen LogP contribution in [-0.4, -0.2) is 51.1 Å². The van der Waals surface area contributed by atoms with Crippen molar-refractivity contribution < 1.29 is 20.4 Å². The molecule has 0 aromatic carbocycles. The van der Waals surface area contributed by atoms with E-state index in [4.69, 9.17) is 20.4 Å². The van der Waals surface area contributed by atoms with Crippen molar-refractivity contribution >= 4 is 12.6 Å². The lowest BCUT2D eigenvalue weighted by atomic mass is 10.1. The topological polar surface area (TPSA) is 80.9 Å².